The minimum Gasteiger partial charge on any atom is -0.493 e. The van der Waals surface area contributed by atoms with Gasteiger partial charge in [0, 0.05) is 25.3 Å². The fourth-order valence-electron chi connectivity index (χ4n) is 3.52. The van der Waals surface area contributed by atoms with E-state index in [0.717, 1.165) is 30.3 Å². The number of hydrogen-bond donors (Lipinski definition) is 2. The van der Waals surface area contributed by atoms with Crippen LogP contribution < -0.4 is 20.1 Å². The van der Waals surface area contributed by atoms with Gasteiger partial charge < -0.3 is 24.5 Å². The Morgan fingerprint density at radius 1 is 1.14 bits per heavy atom. The topological polar surface area (TPSA) is 71.3 Å². The SMILES string of the molecule is CN=C(NCC(c1ccc(C)o1)N1CCCC1)Nc1ccc(OC)c(OC)c1.I. The molecule has 160 valence electrons. The summed E-state index contributed by atoms with van der Waals surface area (Å²) in [6, 6.07) is 9.97. The van der Waals surface area contributed by atoms with Crippen LogP contribution in [0.25, 0.3) is 0 Å². The molecule has 0 amide bonds. The second-order valence-corrected chi connectivity index (χ2v) is 6.86. The van der Waals surface area contributed by atoms with Gasteiger partial charge in [-0.3, -0.25) is 9.89 Å². The van der Waals surface area contributed by atoms with Crippen molar-refractivity contribution in [3.63, 3.8) is 0 Å². The number of furan rings is 1. The number of halogens is 1. The molecule has 1 atom stereocenters. The van der Waals surface area contributed by atoms with Gasteiger partial charge in [-0.25, -0.2) is 0 Å². The van der Waals surface area contributed by atoms with Gasteiger partial charge in [0.15, 0.2) is 17.5 Å². The zero-order valence-electron chi connectivity index (χ0n) is 17.5. The predicted molar refractivity (Wildman–Crippen MR) is 127 cm³/mol. The summed E-state index contributed by atoms with van der Waals surface area (Å²) in [6.45, 7) is 4.87. The molecule has 1 aliphatic heterocycles. The van der Waals surface area contributed by atoms with Crippen molar-refractivity contribution < 1.29 is 13.9 Å². The van der Waals surface area contributed by atoms with E-state index in [1.807, 2.05) is 31.2 Å². The predicted octanol–water partition coefficient (Wildman–Crippen LogP) is 4.05. The first-order valence-corrected chi connectivity index (χ1v) is 9.64. The minimum absolute atomic E-state index is 0. The maximum atomic E-state index is 5.93. The Kier molecular flexibility index (Phi) is 9.09. The van der Waals surface area contributed by atoms with Crippen LogP contribution in [0.4, 0.5) is 5.69 Å². The molecule has 0 spiro atoms. The molecule has 2 N–H and O–H groups in total. The Balaban J connectivity index is 0.00000300. The van der Waals surface area contributed by atoms with E-state index in [0.29, 0.717) is 24.0 Å². The molecule has 0 radical (unpaired) electrons. The molecule has 2 heterocycles. The van der Waals surface area contributed by atoms with Crippen LogP contribution in [0.1, 0.15) is 30.4 Å². The number of aryl methyl sites for hydroxylation is 1. The lowest BCUT2D eigenvalue weighted by molar-refractivity contribution is 0.214. The summed E-state index contributed by atoms with van der Waals surface area (Å²) in [4.78, 5) is 6.82. The quantitative estimate of drug-likeness (QED) is 0.330. The normalized spacial score (nSPS) is 15.5. The third-order valence-electron chi connectivity index (χ3n) is 5.00. The number of anilines is 1. The lowest BCUT2D eigenvalue weighted by atomic mass is 10.2. The van der Waals surface area contributed by atoms with Crippen LogP contribution in [-0.2, 0) is 0 Å². The van der Waals surface area contributed by atoms with Crippen molar-refractivity contribution >= 4 is 35.6 Å². The van der Waals surface area contributed by atoms with Crippen molar-refractivity contribution in [2.45, 2.75) is 25.8 Å². The van der Waals surface area contributed by atoms with E-state index < -0.39 is 0 Å². The Morgan fingerprint density at radius 2 is 1.86 bits per heavy atom. The Morgan fingerprint density at radius 3 is 2.45 bits per heavy atom. The number of nitrogens with one attached hydrogen (secondary N) is 2. The number of ether oxygens (including phenoxy) is 2. The fourth-order valence-corrected chi connectivity index (χ4v) is 3.52. The Hall–Kier alpha value is -1.94. The van der Waals surface area contributed by atoms with Crippen molar-refractivity contribution in [2.75, 3.05) is 46.2 Å². The van der Waals surface area contributed by atoms with Crippen molar-refractivity contribution in [3.8, 4) is 11.5 Å². The first kappa shape index (κ1) is 23.3. The van der Waals surface area contributed by atoms with Gasteiger partial charge in [0.25, 0.3) is 0 Å². The van der Waals surface area contributed by atoms with Crippen molar-refractivity contribution in [2.24, 2.45) is 4.99 Å². The number of benzene rings is 1. The average Bonchev–Trinajstić information content (AvgIpc) is 3.39. The van der Waals surface area contributed by atoms with E-state index in [-0.39, 0.29) is 30.0 Å². The van der Waals surface area contributed by atoms with Crippen LogP contribution >= 0.6 is 24.0 Å². The highest BCUT2D eigenvalue weighted by Gasteiger charge is 2.26. The van der Waals surface area contributed by atoms with Crippen LogP contribution in [0.3, 0.4) is 0 Å². The highest BCUT2D eigenvalue weighted by Crippen LogP contribution is 2.30. The number of likely N-dealkylation sites (tertiary alicyclic amines) is 1. The summed E-state index contributed by atoms with van der Waals surface area (Å²) in [7, 11) is 5.01. The van der Waals surface area contributed by atoms with Crippen molar-refractivity contribution in [1.29, 1.82) is 0 Å². The van der Waals surface area contributed by atoms with E-state index in [9.17, 15) is 0 Å². The van der Waals surface area contributed by atoms with Gasteiger partial charge in [-0.1, -0.05) is 0 Å². The van der Waals surface area contributed by atoms with Crippen LogP contribution in [0.15, 0.2) is 39.7 Å². The van der Waals surface area contributed by atoms with Crippen LogP contribution in [0, 0.1) is 6.92 Å². The van der Waals surface area contributed by atoms with E-state index in [1.165, 1.54) is 12.8 Å². The molecule has 1 aromatic heterocycles. The van der Waals surface area contributed by atoms with Gasteiger partial charge in [0.1, 0.15) is 11.5 Å². The average molecular weight is 514 g/mol. The molecule has 0 bridgehead atoms. The molecule has 29 heavy (non-hydrogen) atoms. The highest BCUT2D eigenvalue weighted by molar-refractivity contribution is 14.0. The second kappa shape index (κ2) is 11.3. The zero-order valence-corrected chi connectivity index (χ0v) is 19.9. The third kappa shape index (κ3) is 6.02. The maximum Gasteiger partial charge on any atom is 0.195 e. The summed E-state index contributed by atoms with van der Waals surface area (Å²) in [5.41, 5.74) is 0.873. The van der Waals surface area contributed by atoms with E-state index in [4.69, 9.17) is 13.9 Å². The number of hydrogen-bond acceptors (Lipinski definition) is 5. The van der Waals surface area contributed by atoms with Crippen molar-refractivity contribution in [3.05, 3.63) is 41.9 Å². The number of methoxy groups -OCH3 is 2. The highest BCUT2D eigenvalue weighted by atomic mass is 127. The summed E-state index contributed by atoms with van der Waals surface area (Å²) in [5.74, 6) is 3.99. The second-order valence-electron chi connectivity index (χ2n) is 6.86. The van der Waals surface area contributed by atoms with Gasteiger partial charge in [-0.05, 0) is 57.1 Å². The number of guanidine groups is 1. The zero-order chi connectivity index (χ0) is 19.9. The monoisotopic (exact) mass is 514 g/mol. The molecule has 2 aromatic rings. The van der Waals surface area contributed by atoms with Gasteiger partial charge in [0.05, 0.1) is 20.3 Å². The lowest BCUT2D eigenvalue weighted by Gasteiger charge is -2.26. The van der Waals surface area contributed by atoms with Gasteiger partial charge in [-0.15, -0.1) is 24.0 Å². The molecule has 7 nitrogen and oxygen atoms in total. The fraction of sp³-hybridized carbons (Fsp3) is 0.476. The number of rotatable bonds is 7. The summed E-state index contributed by atoms with van der Waals surface area (Å²) in [5, 5.41) is 6.75. The van der Waals surface area contributed by atoms with Crippen molar-refractivity contribution in [1.82, 2.24) is 10.2 Å². The Bertz CT molecular complexity index is 803. The molecular formula is C21H31IN4O3. The molecule has 8 heteroatoms. The van der Waals surface area contributed by atoms with E-state index in [1.54, 1.807) is 21.3 Å². The lowest BCUT2D eigenvalue weighted by Crippen LogP contribution is -2.39. The van der Waals surface area contributed by atoms with Gasteiger partial charge in [-0.2, -0.15) is 0 Å². The smallest absolute Gasteiger partial charge is 0.195 e. The third-order valence-corrected chi connectivity index (χ3v) is 5.00. The Labute approximate surface area is 189 Å². The standard InChI is InChI=1S/C21H30N4O3.HI/c1-15-7-9-18(28-15)17(25-11-5-6-12-25)14-23-21(22-2)24-16-8-10-19(26-3)20(13-16)27-4;/h7-10,13,17H,5-6,11-12,14H2,1-4H3,(H2,22,23,24);1H. The first-order chi connectivity index (χ1) is 13.6. The molecule has 1 aliphatic rings. The molecule has 3 rings (SSSR count). The van der Waals surface area contributed by atoms with E-state index >= 15 is 0 Å². The molecule has 1 aromatic carbocycles. The summed E-state index contributed by atoms with van der Waals surface area (Å²) in [6.07, 6.45) is 2.46. The first-order valence-electron chi connectivity index (χ1n) is 9.64. The molecule has 1 unspecified atom stereocenters. The molecule has 0 aliphatic carbocycles. The summed E-state index contributed by atoms with van der Waals surface area (Å²) < 4.78 is 16.6. The van der Waals surface area contributed by atoms with Gasteiger partial charge in [0.2, 0.25) is 0 Å². The van der Waals surface area contributed by atoms with Crippen LogP contribution in [0.2, 0.25) is 0 Å². The molecule has 1 fully saturated rings. The molecular weight excluding hydrogens is 483 g/mol. The van der Waals surface area contributed by atoms with Crippen LogP contribution in [-0.4, -0.2) is 51.8 Å². The largest absolute Gasteiger partial charge is 0.493 e. The summed E-state index contributed by atoms with van der Waals surface area (Å²) >= 11 is 0. The number of aliphatic imine (C=N–C) groups is 1. The van der Waals surface area contributed by atoms with E-state index in [2.05, 4.69) is 26.6 Å². The number of nitrogens with zero attached hydrogens (tertiary/aromatic N) is 2. The van der Waals surface area contributed by atoms with Gasteiger partial charge >= 0.3 is 0 Å². The minimum atomic E-state index is 0. The van der Waals surface area contributed by atoms with Crippen LogP contribution in [0.5, 0.6) is 11.5 Å². The molecule has 1 saturated heterocycles. The maximum absolute atomic E-state index is 5.93. The molecule has 0 saturated carbocycles.